The third kappa shape index (κ3) is 5.37. The van der Waals surface area contributed by atoms with Crippen molar-refractivity contribution in [2.45, 2.75) is 6.92 Å². The van der Waals surface area contributed by atoms with E-state index >= 15 is 0 Å². The molecule has 0 rings (SSSR count). The molecule has 0 atom stereocenters. The Labute approximate surface area is 68.6 Å². The lowest BCUT2D eigenvalue weighted by Gasteiger charge is -1.91. The zero-order valence-corrected chi connectivity index (χ0v) is 6.96. The summed E-state index contributed by atoms with van der Waals surface area (Å²) in [6.45, 7) is 6.12. The van der Waals surface area contributed by atoms with Gasteiger partial charge in [-0.05, 0) is 12.5 Å². The van der Waals surface area contributed by atoms with Crippen molar-refractivity contribution in [3.05, 3.63) is 48.6 Å². The quantitative estimate of drug-likeness (QED) is 0.609. The molecule has 0 spiro atoms. The first-order chi connectivity index (χ1) is 5.35. The van der Waals surface area contributed by atoms with Crippen LogP contribution in [0.4, 0.5) is 0 Å². The van der Waals surface area contributed by atoms with E-state index in [1.807, 2.05) is 37.3 Å². The topological polar surface area (TPSA) is 26.0 Å². The summed E-state index contributed by atoms with van der Waals surface area (Å²) in [6, 6.07) is 0. The largest absolute Gasteiger partial charge is 0.326 e. The van der Waals surface area contributed by atoms with Crippen LogP contribution in [0.2, 0.25) is 0 Å². The first-order valence-electron chi connectivity index (χ1n) is 3.66. The molecule has 0 saturated heterocycles. The van der Waals surface area contributed by atoms with Gasteiger partial charge in [0.05, 0.1) is 0 Å². The second-order valence-electron chi connectivity index (χ2n) is 2.07. The van der Waals surface area contributed by atoms with E-state index in [0.29, 0.717) is 6.54 Å². The second-order valence-corrected chi connectivity index (χ2v) is 2.07. The maximum Gasteiger partial charge on any atom is 0.0178 e. The van der Waals surface area contributed by atoms with Crippen LogP contribution < -0.4 is 5.73 Å². The van der Waals surface area contributed by atoms with Gasteiger partial charge in [0.25, 0.3) is 0 Å². The lowest BCUT2D eigenvalue weighted by atomic mass is 10.2. The molecule has 0 heterocycles. The van der Waals surface area contributed by atoms with Crippen LogP contribution in [0.1, 0.15) is 6.92 Å². The van der Waals surface area contributed by atoms with Gasteiger partial charge in [0, 0.05) is 6.54 Å². The van der Waals surface area contributed by atoms with Crippen LogP contribution >= 0.6 is 0 Å². The Balaban J connectivity index is 4.07. The summed E-state index contributed by atoms with van der Waals surface area (Å²) in [6.07, 6.45) is 11.5. The normalized spacial score (nSPS) is 13.1. The molecule has 0 aliphatic carbocycles. The Morgan fingerprint density at radius 3 is 2.64 bits per heavy atom. The van der Waals surface area contributed by atoms with Crippen LogP contribution in [0.15, 0.2) is 48.6 Å². The van der Waals surface area contributed by atoms with Gasteiger partial charge in [-0.25, -0.2) is 0 Å². The molecule has 0 amide bonds. The van der Waals surface area contributed by atoms with E-state index in [1.165, 1.54) is 0 Å². The molecular formula is C10H15N. The SMILES string of the molecule is C=C\C=C(/C=C\C=C\C)CN. The van der Waals surface area contributed by atoms with Crippen LogP contribution in [0.5, 0.6) is 0 Å². The third-order valence-electron chi connectivity index (χ3n) is 1.18. The van der Waals surface area contributed by atoms with E-state index in [0.717, 1.165) is 5.57 Å². The lowest BCUT2D eigenvalue weighted by molar-refractivity contribution is 1.19. The number of rotatable bonds is 4. The van der Waals surface area contributed by atoms with Gasteiger partial charge in [-0.15, -0.1) is 0 Å². The highest BCUT2D eigenvalue weighted by atomic mass is 14.5. The second kappa shape index (κ2) is 7.03. The van der Waals surface area contributed by atoms with Gasteiger partial charge in [-0.3, -0.25) is 0 Å². The molecule has 60 valence electrons. The highest BCUT2D eigenvalue weighted by Gasteiger charge is 1.81. The molecule has 0 unspecified atom stereocenters. The van der Waals surface area contributed by atoms with Crippen molar-refractivity contribution in [1.29, 1.82) is 0 Å². The van der Waals surface area contributed by atoms with Crippen LogP contribution in [0.25, 0.3) is 0 Å². The number of allylic oxidation sites excluding steroid dienone is 5. The monoisotopic (exact) mass is 149 g/mol. The Bertz CT molecular complexity index is 185. The van der Waals surface area contributed by atoms with Gasteiger partial charge in [0.15, 0.2) is 0 Å². The molecule has 0 radical (unpaired) electrons. The minimum absolute atomic E-state index is 0.556. The van der Waals surface area contributed by atoms with E-state index in [4.69, 9.17) is 5.73 Å². The predicted octanol–water partition coefficient (Wildman–Crippen LogP) is 2.19. The fraction of sp³-hybridized carbons (Fsp3) is 0.200. The van der Waals surface area contributed by atoms with Crippen molar-refractivity contribution in [3.8, 4) is 0 Å². The summed E-state index contributed by atoms with van der Waals surface area (Å²) in [4.78, 5) is 0. The molecule has 0 aromatic heterocycles. The maximum absolute atomic E-state index is 5.45. The molecule has 1 nitrogen and oxygen atoms in total. The molecule has 0 fully saturated rings. The molecule has 1 heteroatoms. The van der Waals surface area contributed by atoms with Crippen molar-refractivity contribution >= 4 is 0 Å². The molecule has 0 saturated carbocycles. The van der Waals surface area contributed by atoms with Crippen molar-refractivity contribution in [3.63, 3.8) is 0 Å². The molecule has 11 heavy (non-hydrogen) atoms. The first kappa shape index (κ1) is 9.92. The molecular weight excluding hydrogens is 134 g/mol. The fourth-order valence-electron chi connectivity index (χ4n) is 0.633. The fourth-order valence-corrected chi connectivity index (χ4v) is 0.633. The van der Waals surface area contributed by atoms with Gasteiger partial charge >= 0.3 is 0 Å². The summed E-state index contributed by atoms with van der Waals surface area (Å²) < 4.78 is 0. The van der Waals surface area contributed by atoms with E-state index < -0.39 is 0 Å². The molecule has 0 aromatic carbocycles. The van der Waals surface area contributed by atoms with Crippen LogP contribution in [-0.4, -0.2) is 6.54 Å². The third-order valence-corrected chi connectivity index (χ3v) is 1.18. The average molecular weight is 149 g/mol. The zero-order chi connectivity index (χ0) is 8.53. The summed E-state index contributed by atoms with van der Waals surface area (Å²) in [5, 5.41) is 0. The highest BCUT2D eigenvalue weighted by molar-refractivity contribution is 5.26. The Morgan fingerprint density at radius 1 is 1.45 bits per heavy atom. The van der Waals surface area contributed by atoms with Gasteiger partial charge in [0.1, 0.15) is 0 Å². The average Bonchev–Trinajstić information content (AvgIpc) is 2.03. The molecule has 0 aliphatic heterocycles. The predicted molar refractivity (Wildman–Crippen MR) is 51.3 cm³/mol. The molecule has 2 N–H and O–H groups in total. The van der Waals surface area contributed by atoms with Crippen molar-refractivity contribution < 1.29 is 0 Å². The summed E-state index contributed by atoms with van der Waals surface area (Å²) >= 11 is 0. The van der Waals surface area contributed by atoms with Crippen LogP contribution in [0, 0.1) is 0 Å². The summed E-state index contributed by atoms with van der Waals surface area (Å²) in [5.41, 5.74) is 6.53. The van der Waals surface area contributed by atoms with Crippen molar-refractivity contribution in [2.24, 2.45) is 5.73 Å². The first-order valence-corrected chi connectivity index (χ1v) is 3.66. The highest BCUT2D eigenvalue weighted by Crippen LogP contribution is 1.94. The summed E-state index contributed by atoms with van der Waals surface area (Å²) in [7, 11) is 0. The molecule has 0 aromatic rings. The smallest absolute Gasteiger partial charge is 0.0178 e. The van der Waals surface area contributed by atoms with E-state index in [9.17, 15) is 0 Å². The Kier molecular flexibility index (Phi) is 6.34. The van der Waals surface area contributed by atoms with Gasteiger partial charge in [0.2, 0.25) is 0 Å². The van der Waals surface area contributed by atoms with E-state index in [1.54, 1.807) is 6.08 Å². The van der Waals surface area contributed by atoms with Crippen LogP contribution in [0.3, 0.4) is 0 Å². The molecule has 0 bridgehead atoms. The Morgan fingerprint density at radius 2 is 2.18 bits per heavy atom. The zero-order valence-electron chi connectivity index (χ0n) is 6.96. The van der Waals surface area contributed by atoms with Crippen molar-refractivity contribution in [1.82, 2.24) is 0 Å². The number of hydrogen-bond acceptors (Lipinski definition) is 1. The lowest BCUT2D eigenvalue weighted by Crippen LogP contribution is -2.00. The minimum atomic E-state index is 0.556. The molecule has 0 aliphatic rings. The van der Waals surface area contributed by atoms with E-state index in [2.05, 4.69) is 6.58 Å². The van der Waals surface area contributed by atoms with Crippen molar-refractivity contribution in [2.75, 3.05) is 6.54 Å². The number of nitrogens with two attached hydrogens (primary N) is 1. The van der Waals surface area contributed by atoms with Gasteiger partial charge < -0.3 is 5.73 Å². The minimum Gasteiger partial charge on any atom is -0.326 e. The van der Waals surface area contributed by atoms with Crippen LogP contribution in [-0.2, 0) is 0 Å². The number of hydrogen-bond donors (Lipinski definition) is 1. The summed E-state index contributed by atoms with van der Waals surface area (Å²) in [5.74, 6) is 0. The maximum atomic E-state index is 5.45. The van der Waals surface area contributed by atoms with Gasteiger partial charge in [-0.1, -0.05) is 43.0 Å². The standard InChI is InChI=1S/C10H15N/c1-3-5-6-8-10(9-11)7-4-2/h3-8H,2,9,11H2,1H3/b5-3+,8-6-,10-7+. The van der Waals surface area contributed by atoms with E-state index in [-0.39, 0.29) is 0 Å². The Hall–Kier alpha value is -1.08. The van der Waals surface area contributed by atoms with Gasteiger partial charge in [-0.2, -0.15) is 0 Å².